The summed E-state index contributed by atoms with van der Waals surface area (Å²) in [5, 5.41) is 17.4. The number of carbonyl (C=O) groups excluding carboxylic acids is 1. The average Bonchev–Trinajstić information content (AvgIpc) is 3.07. The van der Waals surface area contributed by atoms with Gasteiger partial charge in [0, 0.05) is 19.7 Å². The van der Waals surface area contributed by atoms with Gasteiger partial charge in [-0.2, -0.15) is 0 Å². The van der Waals surface area contributed by atoms with Gasteiger partial charge in [-0.1, -0.05) is 0 Å². The number of nitro groups is 1. The molecule has 1 aromatic rings. The molecule has 1 heterocycles. The van der Waals surface area contributed by atoms with Crippen LogP contribution in [0.3, 0.4) is 0 Å². The number of nitrogens with one attached hydrogen (secondary N) is 2. The number of amides is 1. The lowest BCUT2D eigenvalue weighted by molar-refractivity contribution is -0.385. The first kappa shape index (κ1) is 21.9. The highest BCUT2D eigenvalue weighted by Gasteiger charge is 2.34. The molecular weight excluding hydrogens is 366 g/mol. The second kappa shape index (κ2) is 9.56. The smallest absolute Gasteiger partial charge is 0.286 e. The summed E-state index contributed by atoms with van der Waals surface area (Å²) in [4.78, 5) is 23.3. The molecule has 0 spiro atoms. The first-order valence-corrected chi connectivity index (χ1v) is 7.89. The number of rotatable bonds is 8. The third-order valence-corrected chi connectivity index (χ3v) is 4.28. The van der Waals surface area contributed by atoms with Crippen molar-refractivity contribution < 1.29 is 23.9 Å². The van der Waals surface area contributed by atoms with Crippen LogP contribution in [0.2, 0.25) is 0 Å². The van der Waals surface area contributed by atoms with Crippen molar-refractivity contribution in [1.29, 1.82) is 0 Å². The zero-order chi connectivity index (χ0) is 18.4. The number of methoxy groups -OCH3 is 3. The second-order valence-corrected chi connectivity index (χ2v) is 5.91. The average molecular weight is 390 g/mol. The first-order valence-electron chi connectivity index (χ1n) is 7.89. The van der Waals surface area contributed by atoms with E-state index in [1.54, 1.807) is 7.11 Å². The van der Waals surface area contributed by atoms with Crippen LogP contribution < -0.4 is 20.1 Å². The molecule has 0 saturated carbocycles. The van der Waals surface area contributed by atoms with E-state index >= 15 is 0 Å². The SMILES string of the molecule is COCC1(CNC(=O)c2cc(OC)c(OC)cc2[N+](=O)[O-])CCCN1.Cl. The van der Waals surface area contributed by atoms with Crippen LogP contribution >= 0.6 is 12.4 Å². The molecule has 1 aliphatic heterocycles. The number of benzene rings is 1. The van der Waals surface area contributed by atoms with E-state index in [0.29, 0.717) is 13.2 Å². The lowest BCUT2D eigenvalue weighted by Crippen LogP contribution is -2.53. The number of nitro benzene ring substituents is 1. The van der Waals surface area contributed by atoms with E-state index < -0.39 is 10.8 Å². The Balaban J connectivity index is 0.00000338. The molecule has 0 radical (unpaired) electrons. The number of hydrogen-bond acceptors (Lipinski definition) is 7. The number of ether oxygens (including phenoxy) is 3. The van der Waals surface area contributed by atoms with Gasteiger partial charge in [-0.15, -0.1) is 12.4 Å². The maximum absolute atomic E-state index is 12.6. The van der Waals surface area contributed by atoms with E-state index in [9.17, 15) is 14.9 Å². The molecular formula is C16H24ClN3O6. The van der Waals surface area contributed by atoms with E-state index in [1.807, 2.05) is 0 Å². The maximum atomic E-state index is 12.6. The lowest BCUT2D eigenvalue weighted by Gasteiger charge is -2.29. The normalized spacial score (nSPS) is 18.7. The molecule has 1 atom stereocenters. The van der Waals surface area contributed by atoms with Gasteiger partial charge < -0.3 is 24.8 Å². The summed E-state index contributed by atoms with van der Waals surface area (Å²) in [5.41, 5.74) is -0.765. The molecule has 1 unspecified atom stereocenters. The van der Waals surface area contributed by atoms with Crippen LogP contribution in [0, 0.1) is 10.1 Å². The molecule has 1 fully saturated rings. The number of halogens is 1. The summed E-state index contributed by atoms with van der Waals surface area (Å²) >= 11 is 0. The first-order chi connectivity index (χ1) is 12.0. The molecule has 2 N–H and O–H groups in total. The molecule has 1 aliphatic rings. The Kier molecular flexibility index (Phi) is 8.07. The minimum absolute atomic E-state index is 0. The molecule has 146 valence electrons. The molecule has 1 aromatic carbocycles. The Morgan fingerprint density at radius 2 is 1.96 bits per heavy atom. The van der Waals surface area contributed by atoms with Crippen molar-refractivity contribution in [2.45, 2.75) is 18.4 Å². The predicted octanol–water partition coefficient (Wildman–Crippen LogP) is 1.53. The Bertz CT molecular complexity index is 649. The molecule has 26 heavy (non-hydrogen) atoms. The fourth-order valence-electron chi connectivity index (χ4n) is 3.02. The second-order valence-electron chi connectivity index (χ2n) is 5.91. The van der Waals surface area contributed by atoms with E-state index in [2.05, 4.69) is 10.6 Å². The highest BCUT2D eigenvalue weighted by atomic mass is 35.5. The van der Waals surface area contributed by atoms with Crippen LogP contribution in [-0.2, 0) is 4.74 Å². The monoisotopic (exact) mass is 389 g/mol. The highest BCUT2D eigenvalue weighted by Crippen LogP contribution is 2.34. The summed E-state index contributed by atoms with van der Waals surface area (Å²) in [7, 11) is 4.38. The van der Waals surface area contributed by atoms with Crippen molar-refractivity contribution in [3.05, 3.63) is 27.8 Å². The summed E-state index contributed by atoms with van der Waals surface area (Å²) in [6.45, 7) is 1.60. The summed E-state index contributed by atoms with van der Waals surface area (Å²) in [5.74, 6) is -0.0975. The molecule has 0 aliphatic carbocycles. The third-order valence-electron chi connectivity index (χ3n) is 4.28. The Labute approximate surface area is 157 Å². The van der Waals surface area contributed by atoms with Gasteiger partial charge in [0.2, 0.25) is 0 Å². The Hall–Kier alpha value is -2.10. The van der Waals surface area contributed by atoms with Crippen molar-refractivity contribution >= 4 is 24.0 Å². The predicted molar refractivity (Wildman–Crippen MR) is 97.6 cm³/mol. The minimum Gasteiger partial charge on any atom is -0.493 e. The zero-order valence-corrected chi connectivity index (χ0v) is 15.8. The van der Waals surface area contributed by atoms with E-state index in [1.165, 1.54) is 26.4 Å². The molecule has 1 amide bonds. The molecule has 0 bridgehead atoms. The standard InChI is InChI=1S/C16H23N3O6.ClH/c1-23-10-16(5-4-6-18-16)9-17-15(20)11-7-13(24-2)14(25-3)8-12(11)19(21)22;/h7-8,18H,4-6,9-10H2,1-3H3,(H,17,20);1H. The third kappa shape index (κ3) is 4.75. The fraction of sp³-hybridized carbons (Fsp3) is 0.562. The lowest BCUT2D eigenvalue weighted by atomic mass is 9.98. The Morgan fingerprint density at radius 3 is 2.46 bits per heavy atom. The van der Waals surface area contributed by atoms with Crippen LogP contribution in [0.1, 0.15) is 23.2 Å². The summed E-state index contributed by atoms with van der Waals surface area (Å²) < 4.78 is 15.4. The number of nitrogens with zero attached hydrogens (tertiary/aromatic N) is 1. The van der Waals surface area contributed by atoms with Crippen LogP contribution in [-0.4, -0.2) is 57.4 Å². The van der Waals surface area contributed by atoms with E-state index in [-0.39, 0.29) is 40.7 Å². The van der Waals surface area contributed by atoms with Gasteiger partial charge in [0.1, 0.15) is 5.56 Å². The van der Waals surface area contributed by atoms with Gasteiger partial charge in [-0.3, -0.25) is 14.9 Å². The van der Waals surface area contributed by atoms with Crippen molar-refractivity contribution in [2.75, 3.05) is 41.0 Å². The van der Waals surface area contributed by atoms with Gasteiger partial charge >= 0.3 is 0 Å². The molecule has 9 nitrogen and oxygen atoms in total. The fourth-order valence-corrected chi connectivity index (χ4v) is 3.02. The van der Waals surface area contributed by atoms with Gasteiger partial charge in [-0.25, -0.2) is 0 Å². The van der Waals surface area contributed by atoms with E-state index in [0.717, 1.165) is 19.4 Å². The van der Waals surface area contributed by atoms with Crippen LogP contribution in [0.15, 0.2) is 12.1 Å². The quantitative estimate of drug-likeness (QED) is 0.512. The summed E-state index contributed by atoms with van der Waals surface area (Å²) in [6, 6.07) is 2.50. The molecule has 10 heteroatoms. The maximum Gasteiger partial charge on any atom is 0.286 e. The van der Waals surface area contributed by atoms with Gasteiger partial charge in [-0.05, 0) is 19.4 Å². The minimum atomic E-state index is -0.615. The van der Waals surface area contributed by atoms with Crippen molar-refractivity contribution in [1.82, 2.24) is 10.6 Å². The van der Waals surface area contributed by atoms with Crippen LogP contribution in [0.25, 0.3) is 0 Å². The van der Waals surface area contributed by atoms with Crippen molar-refractivity contribution in [3.63, 3.8) is 0 Å². The Morgan fingerprint density at radius 1 is 1.31 bits per heavy atom. The zero-order valence-electron chi connectivity index (χ0n) is 15.0. The molecule has 2 rings (SSSR count). The van der Waals surface area contributed by atoms with Crippen molar-refractivity contribution in [3.8, 4) is 11.5 Å². The van der Waals surface area contributed by atoms with Crippen molar-refractivity contribution in [2.24, 2.45) is 0 Å². The van der Waals surface area contributed by atoms with Gasteiger partial charge in [0.25, 0.3) is 11.6 Å². The largest absolute Gasteiger partial charge is 0.493 e. The number of carbonyl (C=O) groups is 1. The number of hydrogen-bond donors (Lipinski definition) is 2. The highest BCUT2D eigenvalue weighted by molar-refractivity contribution is 5.99. The molecule has 1 saturated heterocycles. The van der Waals surface area contributed by atoms with Gasteiger partial charge in [0.05, 0.1) is 37.4 Å². The molecule has 0 aromatic heterocycles. The summed E-state index contributed by atoms with van der Waals surface area (Å²) in [6.07, 6.45) is 1.84. The van der Waals surface area contributed by atoms with E-state index in [4.69, 9.17) is 14.2 Å². The van der Waals surface area contributed by atoms with Crippen LogP contribution in [0.5, 0.6) is 11.5 Å². The van der Waals surface area contributed by atoms with Crippen LogP contribution in [0.4, 0.5) is 5.69 Å². The van der Waals surface area contributed by atoms with Gasteiger partial charge in [0.15, 0.2) is 11.5 Å². The topological polar surface area (TPSA) is 112 Å².